The summed E-state index contributed by atoms with van der Waals surface area (Å²) in [6.07, 6.45) is 0.744. The van der Waals surface area contributed by atoms with Crippen LogP contribution in [0.3, 0.4) is 0 Å². The molecule has 1 unspecified atom stereocenters. The number of urea groups is 1. The van der Waals surface area contributed by atoms with Crippen molar-refractivity contribution in [2.45, 2.75) is 18.9 Å². The monoisotopic (exact) mass is 452 g/mol. The Bertz CT molecular complexity index is 1120. The Morgan fingerprint density at radius 1 is 1.06 bits per heavy atom. The molecule has 2 aromatic carbocycles. The van der Waals surface area contributed by atoms with E-state index in [-0.39, 0.29) is 5.91 Å². The van der Waals surface area contributed by atoms with E-state index in [1.165, 1.54) is 7.05 Å². The number of imide groups is 1. The van der Waals surface area contributed by atoms with Crippen LogP contribution in [0.25, 0.3) is 0 Å². The topological polar surface area (TPSA) is 126 Å². The second kappa shape index (κ2) is 8.81. The number of amides is 5. The molecule has 3 N–H and O–H groups in total. The molecule has 0 spiro atoms. The minimum atomic E-state index is -1.35. The van der Waals surface area contributed by atoms with Crippen molar-refractivity contribution in [2.24, 2.45) is 0 Å². The molecule has 2 aromatic rings. The summed E-state index contributed by atoms with van der Waals surface area (Å²) in [7, 11) is 1.52. The minimum absolute atomic E-state index is 0.249. The highest BCUT2D eigenvalue weighted by atomic mass is 16.5. The van der Waals surface area contributed by atoms with Gasteiger partial charge in [0.25, 0.3) is 11.8 Å². The Kier molecular flexibility index (Phi) is 5.91. The molecule has 0 saturated carbocycles. The van der Waals surface area contributed by atoms with Gasteiger partial charge in [0.05, 0.1) is 13.2 Å². The van der Waals surface area contributed by atoms with Crippen LogP contribution < -0.4 is 25.4 Å². The van der Waals surface area contributed by atoms with Gasteiger partial charge in [0.1, 0.15) is 12.1 Å². The molecular weight excluding hydrogens is 428 g/mol. The average molecular weight is 452 g/mol. The van der Waals surface area contributed by atoms with E-state index in [1.54, 1.807) is 49.4 Å². The number of benzene rings is 2. The summed E-state index contributed by atoms with van der Waals surface area (Å²) in [6, 6.07) is 10.7. The molecule has 0 aromatic heterocycles. The summed E-state index contributed by atoms with van der Waals surface area (Å²) in [6.45, 7) is 2.16. The molecule has 33 heavy (non-hydrogen) atoms. The predicted octanol–water partition coefficient (Wildman–Crippen LogP) is 1.61. The Morgan fingerprint density at radius 3 is 2.45 bits per heavy atom. The van der Waals surface area contributed by atoms with Crippen LogP contribution in [0.4, 0.5) is 10.5 Å². The quantitative estimate of drug-likeness (QED) is 0.592. The fourth-order valence-corrected chi connectivity index (χ4v) is 3.70. The van der Waals surface area contributed by atoms with Gasteiger partial charge in [-0.1, -0.05) is 6.07 Å². The van der Waals surface area contributed by atoms with Crippen molar-refractivity contribution in [1.82, 2.24) is 15.5 Å². The van der Waals surface area contributed by atoms with Crippen LogP contribution >= 0.6 is 0 Å². The second-order valence-corrected chi connectivity index (χ2v) is 7.86. The second-order valence-electron chi connectivity index (χ2n) is 7.86. The van der Waals surface area contributed by atoms with E-state index in [1.807, 2.05) is 0 Å². The van der Waals surface area contributed by atoms with Gasteiger partial charge in [0.15, 0.2) is 11.5 Å². The van der Waals surface area contributed by atoms with Gasteiger partial charge >= 0.3 is 6.03 Å². The molecule has 2 aliphatic rings. The van der Waals surface area contributed by atoms with Crippen molar-refractivity contribution in [3.8, 4) is 11.5 Å². The van der Waals surface area contributed by atoms with Crippen LogP contribution in [-0.4, -0.2) is 55.5 Å². The van der Waals surface area contributed by atoms with Gasteiger partial charge in [-0.3, -0.25) is 19.3 Å². The van der Waals surface area contributed by atoms with E-state index < -0.39 is 29.9 Å². The molecule has 1 saturated heterocycles. The molecule has 2 heterocycles. The number of hydrogen-bond donors (Lipinski definition) is 3. The van der Waals surface area contributed by atoms with Gasteiger partial charge in [-0.2, -0.15) is 0 Å². The van der Waals surface area contributed by atoms with Gasteiger partial charge < -0.3 is 25.4 Å². The Balaban J connectivity index is 1.46. The van der Waals surface area contributed by atoms with Gasteiger partial charge in [-0.15, -0.1) is 0 Å². The van der Waals surface area contributed by atoms with Crippen LogP contribution in [0.1, 0.15) is 29.3 Å². The number of ether oxygens (including phenoxy) is 2. The zero-order valence-corrected chi connectivity index (χ0v) is 18.3. The standard InChI is InChI=1S/C23H24N4O6/c1-23(15-6-9-17-18(12-15)33-11-3-10-32-17)21(30)27(22(31)26-23)13-19(28)25-16-7-4-14(5-8-16)20(29)24-2/h4-9,12H,3,10-11,13H2,1-2H3,(H,24,29)(H,25,28)(H,26,31). The van der Waals surface area contributed by atoms with Crippen molar-refractivity contribution in [3.63, 3.8) is 0 Å². The van der Waals surface area contributed by atoms with Crippen molar-refractivity contribution < 1.29 is 28.7 Å². The number of nitrogens with one attached hydrogen (secondary N) is 3. The normalized spacial score (nSPS) is 19.5. The summed E-state index contributed by atoms with van der Waals surface area (Å²) < 4.78 is 11.3. The van der Waals surface area contributed by atoms with Crippen molar-refractivity contribution in [2.75, 3.05) is 32.1 Å². The molecular formula is C23H24N4O6. The zero-order valence-electron chi connectivity index (χ0n) is 18.3. The number of rotatable bonds is 5. The van der Waals surface area contributed by atoms with Crippen molar-refractivity contribution in [1.29, 1.82) is 0 Å². The van der Waals surface area contributed by atoms with E-state index in [9.17, 15) is 19.2 Å². The molecule has 5 amide bonds. The molecule has 10 heteroatoms. The maximum absolute atomic E-state index is 13.2. The first-order valence-corrected chi connectivity index (χ1v) is 10.5. The summed E-state index contributed by atoms with van der Waals surface area (Å²) in [5.41, 5.74) is 0.0516. The lowest BCUT2D eigenvalue weighted by molar-refractivity contribution is -0.133. The molecule has 1 fully saturated rings. The smallest absolute Gasteiger partial charge is 0.325 e. The van der Waals surface area contributed by atoms with Crippen LogP contribution in [0.15, 0.2) is 42.5 Å². The maximum Gasteiger partial charge on any atom is 0.325 e. The molecule has 172 valence electrons. The van der Waals surface area contributed by atoms with Crippen molar-refractivity contribution in [3.05, 3.63) is 53.6 Å². The summed E-state index contributed by atoms with van der Waals surface area (Å²) in [5, 5.41) is 7.82. The first-order chi connectivity index (χ1) is 15.8. The Labute approximate surface area is 190 Å². The first kappa shape index (κ1) is 22.1. The van der Waals surface area contributed by atoms with Crippen LogP contribution in [0.2, 0.25) is 0 Å². The Hall–Kier alpha value is -4.08. The van der Waals surface area contributed by atoms with Gasteiger partial charge in [-0.05, 0) is 48.9 Å². The van der Waals surface area contributed by atoms with E-state index in [0.29, 0.717) is 41.5 Å². The SMILES string of the molecule is CNC(=O)c1ccc(NC(=O)CN2C(=O)NC(C)(c3ccc4c(c3)OCCCO4)C2=O)cc1. The molecule has 4 rings (SSSR count). The van der Waals surface area contributed by atoms with Crippen molar-refractivity contribution >= 4 is 29.4 Å². The van der Waals surface area contributed by atoms with E-state index in [0.717, 1.165) is 11.3 Å². The van der Waals surface area contributed by atoms with Crippen LogP contribution in [-0.2, 0) is 15.1 Å². The molecule has 1 atom stereocenters. The lowest BCUT2D eigenvalue weighted by Crippen LogP contribution is -2.42. The van der Waals surface area contributed by atoms with Gasteiger partial charge in [0, 0.05) is 24.7 Å². The molecule has 0 radical (unpaired) electrons. The summed E-state index contributed by atoms with van der Waals surface area (Å²) in [5.74, 6) is -0.262. The maximum atomic E-state index is 13.2. The lowest BCUT2D eigenvalue weighted by Gasteiger charge is -2.23. The fraction of sp³-hybridized carbons (Fsp3) is 0.304. The molecule has 2 aliphatic heterocycles. The number of hydrogen-bond acceptors (Lipinski definition) is 6. The van der Waals surface area contributed by atoms with E-state index in [4.69, 9.17) is 9.47 Å². The minimum Gasteiger partial charge on any atom is -0.490 e. The lowest BCUT2D eigenvalue weighted by atomic mass is 9.91. The van der Waals surface area contributed by atoms with E-state index in [2.05, 4.69) is 16.0 Å². The molecule has 10 nitrogen and oxygen atoms in total. The first-order valence-electron chi connectivity index (χ1n) is 10.5. The highest BCUT2D eigenvalue weighted by Crippen LogP contribution is 2.36. The number of fused-ring (bicyclic) bond motifs is 1. The number of nitrogens with zero attached hydrogens (tertiary/aromatic N) is 1. The number of anilines is 1. The highest BCUT2D eigenvalue weighted by molar-refractivity contribution is 6.10. The largest absolute Gasteiger partial charge is 0.490 e. The number of carbonyl (C=O) groups excluding carboxylic acids is 4. The fourth-order valence-electron chi connectivity index (χ4n) is 3.70. The third kappa shape index (κ3) is 4.32. The highest BCUT2D eigenvalue weighted by Gasteiger charge is 2.49. The third-order valence-corrected chi connectivity index (χ3v) is 5.56. The average Bonchev–Trinajstić information content (AvgIpc) is 2.97. The summed E-state index contributed by atoms with van der Waals surface area (Å²) >= 11 is 0. The molecule has 0 bridgehead atoms. The van der Waals surface area contributed by atoms with Crippen LogP contribution in [0, 0.1) is 0 Å². The van der Waals surface area contributed by atoms with Crippen LogP contribution in [0.5, 0.6) is 11.5 Å². The summed E-state index contributed by atoms with van der Waals surface area (Å²) in [4.78, 5) is 50.7. The van der Waals surface area contributed by atoms with Gasteiger partial charge in [-0.25, -0.2) is 4.79 Å². The molecule has 0 aliphatic carbocycles. The number of carbonyl (C=O) groups is 4. The zero-order chi connectivity index (χ0) is 23.6. The van der Waals surface area contributed by atoms with Gasteiger partial charge in [0.2, 0.25) is 5.91 Å². The predicted molar refractivity (Wildman–Crippen MR) is 118 cm³/mol. The third-order valence-electron chi connectivity index (χ3n) is 5.56. The Morgan fingerprint density at radius 2 is 1.76 bits per heavy atom. The van der Waals surface area contributed by atoms with E-state index >= 15 is 0 Å².